The Labute approximate surface area is 178 Å². The topological polar surface area (TPSA) is 59.3 Å². The monoisotopic (exact) mass is 408 g/mol. The molecule has 3 rings (SSSR count). The number of hydrogen-bond donors (Lipinski definition) is 1. The maximum atomic E-state index is 12.7. The number of aromatic nitrogens is 2. The molecule has 0 saturated heterocycles. The van der Waals surface area contributed by atoms with Gasteiger partial charge < -0.3 is 5.32 Å². The normalized spacial score (nSPS) is 11.3. The first-order valence-electron chi connectivity index (χ1n) is 10.8. The lowest BCUT2D eigenvalue weighted by molar-refractivity contribution is -0.121. The number of para-hydroxylation sites is 2. The van der Waals surface area contributed by atoms with Crippen molar-refractivity contribution < 1.29 is 4.79 Å². The summed E-state index contributed by atoms with van der Waals surface area (Å²) in [6, 6.07) is 16.0. The second kappa shape index (κ2) is 10.3. The molecule has 6 heteroatoms. The molecule has 3 aromatic rings. The van der Waals surface area contributed by atoms with E-state index in [1.807, 2.05) is 43.3 Å². The molecule has 0 aliphatic heterocycles. The number of nitrogens with zero attached hydrogens (tertiary/aromatic N) is 3. The van der Waals surface area contributed by atoms with Crippen LogP contribution >= 0.6 is 0 Å². The van der Waals surface area contributed by atoms with Gasteiger partial charge in [0.05, 0.1) is 11.0 Å². The number of fused-ring (bicyclic) bond motifs is 1. The van der Waals surface area contributed by atoms with Crippen LogP contribution in [-0.4, -0.2) is 33.0 Å². The highest BCUT2D eigenvalue weighted by molar-refractivity contribution is 5.78. The van der Waals surface area contributed by atoms with E-state index in [0.717, 1.165) is 36.2 Å². The van der Waals surface area contributed by atoms with Crippen molar-refractivity contribution in [1.29, 1.82) is 0 Å². The molecule has 1 aromatic heterocycles. The molecule has 0 aliphatic rings. The largest absolute Gasteiger partial charge is 0.352 e. The van der Waals surface area contributed by atoms with Crippen LogP contribution in [0.2, 0.25) is 0 Å². The average molecular weight is 409 g/mol. The van der Waals surface area contributed by atoms with Crippen molar-refractivity contribution in [2.75, 3.05) is 13.1 Å². The maximum absolute atomic E-state index is 12.7. The van der Waals surface area contributed by atoms with E-state index in [1.165, 1.54) is 5.56 Å². The van der Waals surface area contributed by atoms with Crippen molar-refractivity contribution in [2.45, 2.75) is 53.4 Å². The minimum atomic E-state index is -0.0592. The molecule has 30 heavy (non-hydrogen) atoms. The lowest BCUT2D eigenvalue weighted by Crippen LogP contribution is -2.29. The van der Waals surface area contributed by atoms with E-state index in [4.69, 9.17) is 0 Å². The number of aryl methyl sites for hydroxylation is 2. The Kier molecular flexibility index (Phi) is 7.46. The third-order valence-corrected chi connectivity index (χ3v) is 5.69. The van der Waals surface area contributed by atoms with E-state index in [9.17, 15) is 9.59 Å². The lowest BCUT2D eigenvalue weighted by atomic mass is 10.1. The minimum Gasteiger partial charge on any atom is -0.352 e. The predicted molar refractivity (Wildman–Crippen MR) is 121 cm³/mol. The second-order valence-corrected chi connectivity index (χ2v) is 7.42. The number of rotatable bonds is 10. The Balaban J connectivity index is 1.64. The summed E-state index contributed by atoms with van der Waals surface area (Å²) >= 11 is 0. The van der Waals surface area contributed by atoms with Crippen LogP contribution in [0.5, 0.6) is 0 Å². The summed E-state index contributed by atoms with van der Waals surface area (Å²) in [6.07, 6.45) is 0.274. The summed E-state index contributed by atoms with van der Waals surface area (Å²) in [4.78, 5) is 27.6. The smallest absolute Gasteiger partial charge is 0.329 e. The zero-order valence-electron chi connectivity index (χ0n) is 18.2. The zero-order valence-corrected chi connectivity index (χ0v) is 18.2. The van der Waals surface area contributed by atoms with Crippen LogP contribution in [0.4, 0.5) is 0 Å². The van der Waals surface area contributed by atoms with Crippen LogP contribution in [0.25, 0.3) is 11.0 Å². The van der Waals surface area contributed by atoms with Crippen LogP contribution in [-0.2, 0) is 31.0 Å². The summed E-state index contributed by atoms with van der Waals surface area (Å²) in [6.45, 7) is 10.6. The number of imidazole rings is 1. The quantitative estimate of drug-likeness (QED) is 0.560. The Hall–Kier alpha value is -2.86. The summed E-state index contributed by atoms with van der Waals surface area (Å²) in [5.41, 5.74) is 4.11. The van der Waals surface area contributed by atoms with E-state index in [2.05, 4.69) is 36.2 Å². The number of amides is 1. The molecule has 0 atom stereocenters. The van der Waals surface area contributed by atoms with E-state index >= 15 is 0 Å². The van der Waals surface area contributed by atoms with Gasteiger partial charge in [-0.15, -0.1) is 0 Å². The number of nitrogens with one attached hydrogen (secondary N) is 1. The van der Waals surface area contributed by atoms with Gasteiger partial charge in [0.2, 0.25) is 5.91 Å². The molecular weight excluding hydrogens is 376 g/mol. The van der Waals surface area contributed by atoms with Crippen molar-refractivity contribution in [2.24, 2.45) is 0 Å². The van der Waals surface area contributed by atoms with Crippen LogP contribution in [0.1, 0.15) is 38.3 Å². The van der Waals surface area contributed by atoms with Gasteiger partial charge >= 0.3 is 5.69 Å². The molecule has 0 fully saturated rings. The van der Waals surface area contributed by atoms with Crippen LogP contribution in [0.3, 0.4) is 0 Å². The minimum absolute atomic E-state index is 0.0483. The van der Waals surface area contributed by atoms with E-state index in [0.29, 0.717) is 19.6 Å². The maximum Gasteiger partial charge on any atom is 0.329 e. The number of carbonyl (C=O) groups excluding carboxylic acids is 1. The fourth-order valence-electron chi connectivity index (χ4n) is 3.86. The Morgan fingerprint density at radius 2 is 1.50 bits per heavy atom. The molecule has 2 aromatic carbocycles. The summed E-state index contributed by atoms with van der Waals surface area (Å²) in [7, 11) is 0. The Bertz CT molecular complexity index is 1050. The molecule has 0 unspecified atom stereocenters. The van der Waals surface area contributed by atoms with E-state index in [1.54, 1.807) is 9.13 Å². The SMILES string of the molecule is CCN(CC)Cc1ccccc1CNC(=O)CCn1c(=O)n(CC)c2ccccc21. The third-order valence-electron chi connectivity index (χ3n) is 5.69. The van der Waals surface area contributed by atoms with Crippen LogP contribution < -0.4 is 11.0 Å². The molecule has 1 heterocycles. The van der Waals surface area contributed by atoms with Gasteiger partial charge in [-0.3, -0.25) is 18.8 Å². The molecule has 0 radical (unpaired) electrons. The fraction of sp³-hybridized carbons (Fsp3) is 0.417. The standard InChI is InChI=1S/C24H32N4O2/c1-4-26(5-2)18-20-12-8-7-11-19(20)17-25-23(29)15-16-28-22-14-10-9-13-21(22)27(6-3)24(28)30/h7-14H,4-6,15-18H2,1-3H3,(H,25,29). The molecular formula is C24H32N4O2. The first kappa shape index (κ1) is 21.8. The number of hydrogen-bond acceptors (Lipinski definition) is 3. The van der Waals surface area contributed by atoms with Gasteiger partial charge in [0.1, 0.15) is 0 Å². The molecule has 160 valence electrons. The summed E-state index contributed by atoms with van der Waals surface area (Å²) in [5.74, 6) is -0.0483. The van der Waals surface area contributed by atoms with Crippen molar-refractivity contribution >= 4 is 16.9 Å². The molecule has 6 nitrogen and oxygen atoms in total. The number of carbonyl (C=O) groups is 1. The highest BCUT2D eigenvalue weighted by atomic mass is 16.2. The average Bonchev–Trinajstić information content (AvgIpc) is 3.05. The summed E-state index contributed by atoms with van der Waals surface area (Å²) < 4.78 is 3.45. The first-order chi connectivity index (χ1) is 14.6. The van der Waals surface area contributed by atoms with Crippen molar-refractivity contribution in [3.8, 4) is 0 Å². The van der Waals surface area contributed by atoms with E-state index < -0.39 is 0 Å². The molecule has 0 saturated carbocycles. The van der Waals surface area contributed by atoms with Gasteiger partial charge in [-0.25, -0.2) is 4.79 Å². The summed E-state index contributed by atoms with van der Waals surface area (Å²) in [5, 5.41) is 3.03. The predicted octanol–water partition coefficient (Wildman–Crippen LogP) is 3.37. The van der Waals surface area contributed by atoms with Gasteiger partial charge in [0, 0.05) is 32.6 Å². The van der Waals surface area contributed by atoms with Crippen molar-refractivity contribution in [3.63, 3.8) is 0 Å². The lowest BCUT2D eigenvalue weighted by Gasteiger charge is -2.20. The van der Waals surface area contributed by atoms with Gasteiger partial charge in [0.25, 0.3) is 0 Å². The highest BCUT2D eigenvalue weighted by Gasteiger charge is 2.13. The fourth-order valence-corrected chi connectivity index (χ4v) is 3.86. The molecule has 0 spiro atoms. The van der Waals surface area contributed by atoms with Crippen molar-refractivity contribution in [1.82, 2.24) is 19.4 Å². The molecule has 0 aliphatic carbocycles. The van der Waals surface area contributed by atoms with Gasteiger partial charge in [0.15, 0.2) is 0 Å². The van der Waals surface area contributed by atoms with Crippen molar-refractivity contribution in [3.05, 3.63) is 70.1 Å². The number of benzene rings is 2. The first-order valence-corrected chi connectivity index (χ1v) is 10.8. The van der Waals surface area contributed by atoms with Crippen LogP contribution in [0, 0.1) is 0 Å². The Morgan fingerprint density at radius 1 is 0.900 bits per heavy atom. The molecule has 1 amide bonds. The molecule has 0 bridgehead atoms. The zero-order chi connectivity index (χ0) is 21.5. The highest BCUT2D eigenvalue weighted by Crippen LogP contribution is 2.14. The van der Waals surface area contributed by atoms with Gasteiger partial charge in [-0.1, -0.05) is 50.2 Å². The van der Waals surface area contributed by atoms with E-state index in [-0.39, 0.29) is 18.0 Å². The van der Waals surface area contributed by atoms with Gasteiger partial charge in [-0.05, 0) is 43.3 Å². The second-order valence-electron chi connectivity index (χ2n) is 7.42. The van der Waals surface area contributed by atoms with Crippen LogP contribution in [0.15, 0.2) is 53.3 Å². The van der Waals surface area contributed by atoms with Gasteiger partial charge in [-0.2, -0.15) is 0 Å². The Morgan fingerprint density at radius 3 is 2.13 bits per heavy atom. The molecule has 1 N–H and O–H groups in total. The third kappa shape index (κ3) is 4.82.